The molecule has 1 fully saturated rings. The molecule has 0 spiro atoms. The van der Waals surface area contributed by atoms with Gasteiger partial charge in [0.25, 0.3) is 0 Å². The molecule has 1 atom stereocenters. The predicted molar refractivity (Wildman–Crippen MR) is 70.9 cm³/mol. The van der Waals surface area contributed by atoms with Crippen molar-refractivity contribution >= 4 is 11.8 Å². The van der Waals surface area contributed by atoms with E-state index in [1.807, 2.05) is 20.8 Å². The van der Waals surface area contributed by atoms with E-state index in [0.717, 1.165) is 12.8 Å². The number of hydrogen-bond acceptors (Lipinski definition) is 3. The van der Waals surface area contributed by atoms with Crippen molar-refractivity contribution in [3.05, 3.63) is 0 Å². The van der Waals surface area contributed by atoms with Gasteiger partial charge in [-0.15, -0.1) is 0 Å². The Morgan fingerprint density at radius 1 is 1.22 bits per heavy atom. The van der Waals surface area contributed by atoms with Crippen LogP contribution in [0.4, 0.5) is 0 Å². The third kappa shape index (κ3) is 3.98. The smallest absolute Gasteiger partial charge is 0.242 e. The number of nitrogens with two attached hydrogens (primary N) is 1. The Bertz CT molecular complexity index is 328. The van der Waals surface area contributed by atoms with E-state index in [4.69, 9.17) is 5.73 Å². The van der Waals surface area contributed by atoms with E-state index in [0.29, 0.717) is 12.8 Å². The van der Waals surface area contributed by atoms with Crippen molar-refractivity contribution in [2.24, 2.45) is 5.73 Å². The maximum atomic E-state index is 12.0. The van der Waals surface area contributed by atoms with Crippen molar-refractivity contribution in [1.82, 2.24) is 10.6 Å². The molecule has 4 N–H and O–H groups in total. The normalized spacial score (nSPS) is 20.3. The van der Waals surface area contributed by atoms with Crippen molar-refractivity contribution in [2.75, 3.05) is 0 Å². The monoisotopic (exact) mass is 255 g/mol. The van der Waals surface area contributed by atoms with Gasteiger partial charge in [-0.25, -0.2) is 0 Å². The average molecular weight is 255 g/mol. The van der Waals surface area contributed by atoms with Crippen molar-refractivity contribution in [3.63, 3.8) is 0 Å². The first kappa shape index (κ1) is 15.0. The molecule has 1 aliphatic carbocycles. The van der Waals surface area contributed by atoms with Gasteiger partial charge in [0.2, 0.25) is 11.8 Å². The highest BCUT2D eigenvalue weighted by atomic mass is 16.2. The summed E-state index contributed by atoms with van der Waals surface area (Å²) in [4.78, 5) is 23.9. The SMILES string of the molecule is CC(NC(=O)C1(N)CCCC1)C(=O)NC(C)(C)C. The molecule has 0 aromatic rings. The van der Waals surface area contributed by atoms with Crippen LogP contribution in [-0.4, -0.2) is 28.9 Å². The van der Waals surface area contributed by atoms with Gasteiger partial charge in [-0.2, -0.15) is 0 Å². The van der Waals surface area contributed by atoms with Crippen LogP contribution in [0.2, 0.25) is 0 Å². The molecule has 1 rings (SSSR count). The molecular weight excluding hydrogens is 230 g/mol. The first-order valence-corrected chi connectivity index (χ1v) is 6.56. The topological polar surface area (TPSA) is 84.2 Å². The van der Waals surface area contributed by atoms with E-state index in [1.165, 1.54) is 0 Å². The molecule has 0 heterocycles. The summed E-state index contributed by atoms with van der Waals surface area (Å²) in [5.41, 5.74) is 4.95. The van der Waals surface area contributed by atoms with Crippen molar-refractivity contribution in [2.45, 2.75) is 70.5 Å². The highest BCUT2D eigenvalue weighted by Crippen LogP contribution is 2.27. The summed E-state index contributed by atoms with van der Waals surface area (Å²) in [6.07, 6.45) is 3.36. The zero-order chi connectivity index (χ0) is 14.0. The van der Waals surface area contributed by atoms with Gasteiger partial charge in [0, 0.05) is 5.54 Å². The average Bonchev–Trinajstić information content (AvgIpc) is 2.63. The number of amides is 2. The van der Waals surface area contributed by atoms with Crippen LogP contribution in [0.5, 0.6) is 0 Å². The van der Waals surface area contributed by atoms with E-state index >= 15 is 0 Å². The van der Waals surface area contributed by atoms with Crippen LogP contribution in [-0.2, 0) is 9.59 Å². The zero-order valence-corrected chi connectivity index (χ0v) is 11.8. The van der Waals surface area contributed by atoms with Crippen LogP contribution in [0.15, 0.2) is 0 Å². The molecule has 0 bridgehead atoms. The molecule has 1 unspecified atom stereocenters. The third-order valence-corrected chi connectivity index (χ3v) is 3.19. The van der Waals surface area contributed by atoms with E-state index in [9.17, 15) is 9.59 Å². The molecular formula is C13H25N3O2. The summed E-state index contributed by atoms with van der Waals surface area (Å²) in [5, 5.41) is 5.54. The van der Waals surface area contributed by atoms with Crippen LogP contribution in [0.3, 0.4) is 0 Å². The number of nitrogens with one attached hydrogen (secondary N) is 2. The summed E-state index contributed by atoms with van der Waals surface area (Å²) in [6, 6.07) is -0.558. The lowest BCUT2D eigenvalue weighted by Crippen LogP contribution is -2.58. The fourth-order valence-electron chi connectivity index (χ4n) is 2.12. The van der Waals surface area contributed by atoms with E-state index in [1.54, 1.807) is 6.92 Å². The second-order valence-corrected chi connectivity index (χ2v) is 6.30. The molecule has 0 radical (unpaired) electrons. The summed E-state index contributed by atoms with van der Waals surface area (Å²) >= 11 is 0. The Hall–Kier alpha value is -1.10. The second-order valence-electron chi connectivity index (χ2n) is 6.30. The third-order valence-electron chi connectivity index (χ3n) is 3.19. The lowest BCUT2D eigenvalue weighted by atomic mass is 9.97. The number of carbonyl (C=O) groups is 2. The van der Waals surface area contributed by atoms with E-state index in [-0.39, 0.29) is 17.4 Å². The Kier molecular flexibility index (Phi) is 4.37. The van der Waals surface area contributed by atoms with Crippen LogP contribution in [0.1, 0.15) is 53.4 Å². The number of carbonyl (C=O) groups excluding carboxylic acids is 2. The summed E-state index contributed by atoms with van der Waals surface area (Å²) in [5.74, 6) is -0.394. The Labute approximate surface area is 109 Å². The van der Waals surface area contributed by atoms with Gasteiger partial charge in [0.05, 0.1) is 5.54 Å². The largest absolute Gasteiger partial charge is 0.350 e. The van der Waals surface area contributed by atoms with Crippen LogP contribution in [0.25, 0.3) is 0 Å². The minimum atomic E-state index is -0.781. The highest BCUT2D eigenvalue weighted by molar-refractivity contribution is 5.92. The maximum absolute atomic E-state index is 12.0. The van der Waals surface area contributed by atoms with Gasteiger partial charge in [-0.3, -0.25) is 9.59 Å². The lowest BCUT2D eigenvalue weighted by Gasteiger charge is -2.27. The van der Waals surface area contributed by atoms with Gasteiger partial charge in [0.1, 0.15) is 6.04 Å². The summed E-state index contributed by atoms with van der Waals surface area (Å²) < 4.78 is 0. The van der Waals surface area contributed by atoms with Gasteiger partial charge < -0.3 is 16.4 Å². The second kappa shape index (κ2) is 5.26. The molecule has 1 aliphatic rings. The van der Waals surface area contributed by atoms with Gasteiger partial charge >= 0.3 is 0 Å². The molecule has 18 heavy (non-hydrogen) atoms. The van der Waals surface area contributed by atoms with E-state index < -0.39 is 11.6 Å². The molecule has 0 aromatic carbocycles. The van der Waals surface area contributed by atoms with Gasteiger partial charge in [-0.1, -0.05) is 12.8 Å². The van der Waals surface area contributed by atoms with Crippen molar-refractivity contribution < 1.29 is 9.59 Å². The maximum Gasteiger partial charge on any atom is 0.242 e. The number of hydrogen-bond donors (Lipinski definition) is 3. The Morgan fingerprint density at radius 2 is 1.72 bits per heavy atom. The summed E-state index contributed by atoms with van der Waals surface area (Å²) in [7, 11) is 0. The molecule has 0 aromatic heterocycles. The molecule has 5 nitrogen and oxygen atoms in total. The van der Waals surface area contributed by atoms with Crippen LogP contribution >= 0.6 is 0 Å². The molecule has 0 saturated heterocycles. The first-order chi connectivity index (χ1) is 8.14. The molecule has 104 valence electrons. The Morgan fingerprint density at radius 3 is 2.17 bits per heavy atom. The fraction of sp³-hybridized carbons (Fsp3) is 0.846. The molecule has 2 amide bonds. The molecule has 5 heteroatoms. The number of rotatable bonds is 3. The highest BCUT2D eigenvalue weighted by Gasteiger charge is 2.38. The van der Waals surface area contributed by atoms with Crippen LogP contribution < -0.4 is 16.4 Å². The Balaban J connectivity index is 2.51. The minimum Gasteiger partial charge on any atom is -0.350 e. The zero-order valence-electron chi connectivity index (χ0n) is 11.8. The standard InChI is InChI=1S/C13H25N3O2/c1-9(10(17)16-12(2,3)4)15-11(18)13(14)7-5-6-8-13/h9H,5-8,14H2,1-4H3,(H,15,18)(H,16,17). The van der Waals surface area contributed by atoms with E-state index in [2.05, 4.69) is 10.6 Å². The van der Waals surface area contributed by atoms with Crippen molar-refractivity contribution in [1.29, 1.82) is 0 Å². The van der Waals surface area contributed by atoms with Gasteiger partial charge in [-0.05, 0) is 40.5 Å². The quantitative estimate of drug-likeness (QED) is 0.693. The first-order valence-electron chi connectivity index (χ1n) is 6.56. The van der Waals surface area contributed by atoms with Crippen LogP contribution in [0, 0.1) is 0 Å². The predicted octanol–water partition coefficient (Wildman–Crippen LogP) is 0.677. The minimum absolute atomic E-state index is 0.183. The molecule has 0 aliphatic heterocycles. The van der Waals surface area contributed by atoms with Crippen molar-refractivity contribution in [3.8, 4) is 0 Å². The van der Waals surface area contributed by atoms with Gasteiger partial charge in [0.15, 0.2) is 0 Å². The summed E-state index contributed by atoms with van der Waals surface area (Å²) in [6.45, 7) is 7.39. The lowest BCUT2D eigenvalue weighted by molar-refractivity contribution is -0.132. The molecule has 1 saturated carbocycles. The fourth-order valence-corrected chi connectivity index (χ4v) is 2.12.